The first-order valence-electron chi connectivity index (χ1n) is 6.64. The molecule has 1 aromatic rings. The van der Waals surface area contributed by atoms with E-state index in [-0.39, 0.29) is 6.61 Å². The van der Waals surface area contributed by atoms with Gasteiger partial charge < -0.3 is 9.47 Å². The van der Waals surface area contributed by atoms with Gasteiger partial charge in [0.25, 0.3) is 0 Å². The van der Waals surface area contributed by atoms with Gasteiger partial charge in [-0.3, -0.25) is 4.90 Å². The van der Waals surface area contributed by atoms with Crippen molar-refractivity contribution in [1.29, 1.82) is 0 Å². The molecule has 112 valence electrons. The van der Waals surface area contributed by atoms with E-state index < -0.39 is 18.1 Å². The smallest absolute Gasteiger partial charge is 0.414 e. The van der Waals surface area contributed by atoms with Crippen molar-refractivity contribution < 1.29 is 19.1 Å². The normalized spacial score (nSPS) is 15.7. The van der Waals surface area contributed by atoms with Crippen molar-refractivity contribution in [2.45, 2.75) is 12.6 Å². The van der Waals surface area contributed by atoms with Gasteiger partial charge in [-0.15, -0.1) is 0 Å². The molecule has 0 fully saturated rings. The molecule has 1 atom stereocenters. The molecular weight excluding hydrogens is 282 g/mol. The zero-order chi connectivity index (χ0) is 15.8. The molecule has 0 saturated heterocycles. The van der Waals surface area contributed by atoms with Gasteiger partial charge in [-0.05, 0) is 17.7 Å². The molecule has 5 nitrogen and oxygen atoms in total. The lowest BCUT2D eigenvalue weighted by molar-refractivity contribution is -0.137. The van der Waals surface area contributed by atoms with E-state index in [2.05, 4.69) is 16.6 Å². The monoisotopic (exact) mass is 297 g/mol. The maximum Gasteiger partial charge on any atom is 0.414 e. The van der Waals surface area contributed by atoms with E-state index in [0.29, 0.717) is 0 Å². The summed E-state index contributed by atoms with van der Waals surface area (Å²) in [5, 5.41) is 0. The second-order valence-corrected chi connectivity index (χ2v) is 4.38. The number of carbonyl (C=O) groups excluding carboxylic acids is 2. The van der Waals surface area contributed by atoms with E-state index in [4.69, 9.17) is 4.74 Å². The van der Waals surface area contributed by atoms with Gasteiger partial charge in [-0.2, -0.15) is 0 Å². The number of allylic oxidation sites excluding steroid dienone is 2. The third-order valence-corrected chi connectivity index (χ3v) is 2.87. The Morgan fingerprint density at radius 3 is 2.73 bits per heavy atom. The number of hydrogen-bond acceptors (Lipinski definition) is 4. The van der Waals surface area contributed by atoms with Crippen LogP contribution >= 0.6 is 0 Å². The molecule has 1 aliphatic heterocycles. The van der Waals surface area contributed by atoms with Gasteiger partial charge in [-0.1, -0.05) is 42.3 Å². The number of methoxy groups -OCH3 is 1. The molecule has 1 aromatic carbocycles. The lowest BCUT2D eigenvalue weighted by Gasteiger charge is -2.22. The molecule has 0 unspecified atom stereocenters. The highest BCUT2D eigenvalue weighted by Gasteiger charge is 2.20. The molecule has 22 heavy (non-hydrogen) atoms. The third kappa shape index (κ3) is 4.25. The summed E-state index contributed by atoms with van der Waals surface area (Å²) < 4.78 is 9.70. The van der Waals surface area contributed by atoms with Crippen LogP contribution in [0.1, 0.15) is 5.56 Å². The van der Waals surface area contributed by atoms with Crippen LogP contribution in [0.25, 0.3) is 0 Å². The summed E-state index contributed by atoms with van der Waals surface area (Å²) in [5.41, 5.74) is 0.884. The van der Waals surface area contributed by atoms with Crippen LogP contribution in [0.15, 0.2) is 54.8 Å². The Bertz CT molecular complexity index is 652. The second-order valence-electron chi connectivity index (χ2n) is 4.38. The standard InChI is InChI=1S/C17H15NO4/c1-21-17(20)18-12-6-5-9-15(18)10-11-16(19)22-13-14-7-3-2-4-8-14/h2-9,12,15H,13H2,1H3/t15-/m1/s1. The Hall–Kier alpha value is -3.00. The summed E-state index contributed by atoms with van der Waals surface area (Å²) in [4.78, 5) is 24.5. The van der Waals surface area contributed by atoms with E-state index in [0.717, 1.165) is 5.56 Å². The largest absolute Gasteiger partial charge is 0.452 e. The summed E-state index contributed by atoms with van der Waals surface area (Å²) in [7, 11) is 1.28. The minimum Gasteiger partial charge on any atom is -0.452 e. The number of hydrogen-bond donors (Lipinski definition) is 0. The van der Waals surface area contributed by atoms with Gasteiger partial charge in [0.15, 0.2) is 0 Å². The minimum absolute atomic E-state index is 0.162. The molecule has 1 heterocycles. The van der Waals surface area contributed by atoms with E-state index in [1.165, 1.54) is 12.0 Å². The Balaban J connectivity index is 1.93. The number of esters is 1. The highest BCUT2D eigenvalue weighted by molar-refractivity contribution is 5.88. The molecule has 0 spiro atoms. The van der Waals surface area contributed by atoms with Gasteiger partial charge in [-0.25, -0.2) is 9.59 Å². The van der Waals surface area contributed by atoms with E-state index >= 15 is 0 Å². The number of amides is 1. The maximum absolute atomic E-state index is 11.6. The first-order valence-corrected chi connectivity index (χ1v) is 6.64. The van der Waals surface area contributed by atoms with Crippen molar-refractivity contribution >= 4 is 12.1 Å². The number of rotatable bonds is 2. The lowest BCUT2D eigenvalue weighted by atomic mass is 10.2. The molecule has 5 heteroatoms. The second kappa shape index (κ2) is 7.70. The first-order chi connectivity index (χ1) is 10.7. The average molecular weight is 297 g/mol. The molecule has 0 radical (unpaired) electrons. The topological polar surface area (TPSA) is 55.8 Å². The molecule has 0 saturated carbocycles. The van der Waals surface area contributed by atoms with Crippen LogP contribution < -0.4 is 0 Å². The Labute approximate surface area is 128 Å². The Kier molecular flexibility index (Phi) is 5.38. The van der Waals surface area contributed by atoms with Crippen LogP contribution in [0.3, 0.4) is 0 Å². The predicted octanol–water partition coefficient (Wildman–Crippen LogP) is 2.25. The summed E-state index contributed by atoms with van der Waals surface area (Å²) in [6.45, 7) is 0.162. The van der Waals surface area contributed by atoms with Crippen molar-refractivity contribution in [2.24, 2.45) is 0 Å². The van der Waals surface area contributed by atoms with E-state index in [1.54, 1.807) is 24.4 Å². The fourth-order valence-electron chi connectivity index (χ4n) is 1.79. The van der Waals surface area contributed by atoms with Crippen LogP contribution in [-0.2, 0) is 20.9 Å². The molecule has 0 N–H and O–H groups in total. The van der Waals surface area contributed by atoms with Crippen LogP contribution in [0.4, 0.5) is 4.79 Å². The summed E-state index contributed by atoms with van der Waals surface area (Å²) in [6.07, 6.45) is 6.11. The number of nitrogens with zero attached hydrogens (tertiary/aromatic N) is 1. The average Bonchev–Trinajstić information content (AvgIpc) is 2.58. The van der Waals surface area contributed by atoms with E-state index in [1.807, 2.05) is 30.3 Å². The van der Waals surface area contributed by atoms with Crippen molar-refractivity contribution in [3.05, 3.63) is 60.3 Å². The van der Waals surface area contributed by atoms with Crippen molar-refractivity contribution in [2.75, 3.05) is 7.11 Å². The zero-order valence-corrected chi connectivity index (χ0v) is 12.1. The van der Waals surface area contributed by atoms with Gasteiger partial charge in [0, 0.05) is 12.1 Å². The Morgan fingerprint density at radius 1 is 1.23 bits per heavy atom. The molecule has 0 bridgehead atoms. The predicted molar refractivity (Wildman–Crippen MR) is 80.3 cm³/mol. The van der Waals surface area contributed by atoms with E-state index in [9.17, 15) is 9.59 Å². The molecule has 1 aliphatic rings. The SMILES string of the molecule is COC(=O)N1C=CC=C[C@@H]1C#CC(=O)OCc1ccccc1. The maximum atomic E-state index is 11.6. The number of ether oxygens (including phenoxy) is 2. The van der Waals surface area contributed by atoms with Crippen molar-refractivity contribution in [3.8, 4) is 11.8 Å². The molecular formula is C17H15NO4. The van der Waals surface area contributed by atoms with Crippen LogP contribution in [0, 0.1) is 11.8 Å². The van der Waals surface area contributed by atoms with Gasteiger partial charge in [0.2, 0.25) is 0 Å². The summed E-state index contributed by atoms with van der Waals surface area (Å²) in [5.74, 6) is 4.43. The highest BCUT2D eigenvalue weighted by atomic mass is 16.5. The molecule has 1 amide bonds. The van der Waals surface area contributed by atoms with Gasteiger partial charge >= 0.3 is 12.1 Å². The van der Waals surface area contributed by atoms with Gasteiger partial charge in [0.05, 0.1) is 7.11 Å². The van der Waals surface area contributed by atoms with Crippen molar-refractivity contribution in [3.63, 3.8) is 0 Å². The van der Waals surface area contributed by atoms with Crippen molar-refractivity contribution in [1.82, 2.24) is 4.90 Å². The molecule has 2 rings (SSSR count). The first kappa shape index (κ1) is 15.4. The fraction of sp³-hybridized carbons (Fsp3) is 0.176. The third-order valence-electron chi connectivity index (χ3n) is 2.87. The van der Waals surface area contributed by atoms with Crippen LogP contribution in [0.2, 0.25) is 0 Å². The molecule has 0 aromatic heterocycles. The molecule has 0 aliphatic carbocycles. The quantitative estimate of drug-likeness (QED) is 0.477. The summed E-state index contributed by atoms with van der Waals surface area (Å²) in [6, 6.07) is 8.77. The fourth-order valence-corrected chi connectivity index (χ4v) is 1.79. The Morgan fingerprint density at radius 2 is 2.00 bits per heavy atom. The van der Waals surface area contributed by atoms with Crippen LogP contribution in [0.5, 0.6) is 0 Å². The highest BCUT2D eigenvalue weighted by Crippen LogP contribution is 2.09. The summed E-state index contributed by atoms with van der Waals surface area (Å²) >= 11 is 0. The number of benzene rings is 1. The number of carbonyl (C=O) groups is 2. The van der Waals surface area contributed by atoms with Gasteiger partial charge in [0.1, 0.15) is 12.6 Å². The van der Waals surface area contributed by atoms with Crippen LogP contribution in [-0.4, -0.2) is 30.1 Å². The minimum atomic E-state index is -0.642. The zero-order valence-electron chi connectivity index (χ0n) is 12.1. The lowest BCUT2D eigenvalue weighted by Crippen LogP contribution is -2.35.